The molecule has 0 aliphatic heterocycles. The van der Waals surface area contributed by atoms with Crippen molar-refractivity contribution in [2.24, 2.45) is 5.92 Å². The Bertz CT molecular complexity index is 716. The van der Waals surface area contributed by atoms with E-state index in [4.69, 9.17) is 4.74 Å². The molecule has 2 rings (SSSR count). The number of ether oxygens (including phenoxy) is 1. The second kappa shape index (κ2) is 9.73. The second-order valence-corrected chi connectivity index (χ2v) is 7.68. The van der Waals surface area contributed by atoms with Crippen LogP contribution in [0.15, 0.2) is 29.7 Å². The van der Waals surface area contributed by atoms with Crippen LogP contribution in [0, 0.1) is 19.8 Å². The van der Waals surface area contributed by atoms with Crippen LogP contribution in [0.25, 0.3) is 0 Å². The monoisotopic (exact) mass is 376 g/mol. The minimum absolute atomic E-state index is 0.0189. The number of nitrogens with zero attached hydrogens (tertiary/aromatic N) is 3. The first-order chi connectivity index (χ1) is 12.4. The Kier molecular flexibility index (Phi) is 7.66. The highest BCUT2D eigenvalue weighted by Gasteiger charge is 2.26. The number of nitrogens with one attached hydrogen (secondary N) is 1. The summed E-state index contributed by atoms with van der Waals surface area (Å²) in [6, 6.07) is 3.82. The summed E-state index contributed by atoms with van der Waals surface area (Å²) >= 11 is 1.52. The summed E-state index contributed by atoms with van der Waals surface area (Å²) in [6.07, 6.45) is 3.49. The minimum Gasteiger partial charge on any atom is -0.383 e. The van der Waals surface area contributed by atoms with Gasteiger partial charge in [0.1, 0.15) is 0 Å². The van der Waals surface area contributed by atoms with E-state index in [9.17, 15) is 4.79 Å². The first-order valence-corrected chi connectivity index (χ1v) is 9.68. The third-order valence-electron chi connectivity index (χ3n) is 4.23. The van der Waals surface area contributed by atoms with Crippen molar-refractivity contribution >= 4 is 17.7 Å². The molecule has 0 saturated heterocycles. The lowest BCUT2D eigenvalue weighted by atomic mass is 10.1. The Balaban J connectivity index is 2.10. The zero-order valence-corrected chi connectivity index (χ0v) is 17.0. The lowest BCUT2D eigenvalue weighted by Gasteiger charge is -2.20. The Hall–Kier alpha value is -1.86. The van der Waals surface area contributed by atoms with Crippen molar-refractivity contribution in [3.63, 3.8) is 0 Å². The molecular formula is C19H28N4O2S. The fourth-order valence-electron chi connectivity index (χ4n) is 2.56. The van der Waals surface area contributed by atoms with Crippen LogP contribution in [0.1, 0.15) is 30.8 Å². The molecule has 0 bridgehead atoms. The smallest absolute Gasteiger partial charge is 0.234 e. The molecule has 0 radical (unpaired) electrons. The van der Waals surface area contributed by atoms with E-state index in [-0.39, 0.29) is 17.1 Å². The zero-order valence-electron chi connectivity index (χ0n) is 16.2. The molecule has 0 fully saturated rings. The molecule has 0 aliphatic rings. The van der Waals surface area contributed by atoms with Gasteiger partial charge in [0.15, 0.2) is 5.16 Å². The van der Waals surface area contributed by atoms with Crippen LogP contribution in [0.5, 0.6) is 0 Å². The molecule has 26 heavy (non-hydrogen) atoms. The number of thioether (sulfide) groups is 1. The standard InChI is InChI=1S/C19H28N4O2S/c1-13(2)17(18(24)21-12-16-7-6-8-20-11-16)26-19-22-14(3)15(4)23(19)9-10-25-5/h6-8,11,13,17H,9-10,12H2,1-5H3,(H,21,24)/t17-/m1/s1. The molecule has 2 heterocycles. The number of aromatic nitrogens is 3. The molecule has 6 nitrogen and oxygen atoms in total. The largest absolute Gasteiger partial charge is 0.383 e. The molecule has 0 saturated carbocycles. The number of carbonyl (C=O) groups excluding carboxylic acids is 1. The van der Waals surface area contributed by atoms with Crippen LogP contribution < -0.4 is 5.32 Å². The van der Waals surface area contributed by atoms with Crippen LogP contribution in [0.3, 0.4) is 0 Å². The van der Waals surface area contributed by atoms with E-state index >= 15 is 0 Å². The van der Waals surface area contributed by atoms with Crippen molar-refractivity contribution in [3.05, 3.63) is 41.5 Å². The normalized spacial score (nSPS) is 12.4. The summed E-state index contributed by atoms with van der Waals surface area (Å²) in [7, 11) is 1.69. The predicted molar refractivity (Wildman–Crippen MR) is 104 cm³/mol. The van der Waals surface area contributed by atoms with Gasteiger partial charge in [0.05, 0.1) is 17.6 Å². The third kappa shape index (κ3) is 5.32. The van der Waals surface area contributed by atoms with Crippen molar-refractivity contribution in [1.29, 1.82) is 0 Å². The second-order valence-electron chi connectivity index (χ2n) is 6.57. The molecule has 7 heteroatoms. The number of imidazole rings is 1. The maximum Gasteiger partial charge on any atom is 0.234 e. The molecule has 1 atom stereocenters. The topological polar surface area (TPSA) is 69.0 Å². The summed E-state index contributed by atoms with van der Waals surface area (Å²) in [5.41, 5.74) is 3.09. The average Bonchev–Trinajstić information content (AvgIpc) is 2.90. The average molecular weight is 377 g/mol. The van der Waals surface area contributed by atoms with Crippen molar-refractivity contribution in [1.82, 2.24) is 19.9 Å². The highest BCUT2D eigenvalue weighted by Crippen LogP contribution is 2.29. The molecule has 2 aromatic rings. The van der Waals surface area contributed by atoms with Crippen LogP contribution in [-0.2, 0) is 22.6 Å². The van der Waals surface area contributed by atoms with Gasteiger partial charge in [0.2, 0.25) is 5.91 Å². The summed E-state index contributed by atoms with van der Waals surface area (Å²) in [5, 5.41) is 3.68. The molecular weight excluding hydrogens is 348 g/mol. The summed E-state index contributed by atoms with van der Waals surface area (Å²) in [4.78, 5) is 21.5. The highest BCUT2D eigenvalue weighted by molar-refractivity contribution is 8.00. The van der Waals surface area contributed by atoms with Gasteiger partial charge in [0.25, 0.3) is 0 Å². The Morgan fingerprint density at radius 1 is 1.38 bits per heavy atom. The van der Waals surface area contributed by atoms with Crippen molar-refractivity contribution in [3.8, 4) is 0 Å². The van der Waals surface area contributed by atoms with Crippen molar-refractivity contribution in [2.45, 2.75) is 51.2 Å². The first-order valence-electron chi connectivity index (χ1n) is 8.80. The number of aryl methyl sites for hydroxylation is 1. The number of rotatable bonds is 9. The van der Waals surface area contributed by atoms with Gasteiger partial charge in [0, 0.05) is 38.3 Å². The van der Waals surface area contributed by atoms with Gasteiger partial charge in [-0.05, 0) is 31.4 Å². The van der Waals surface area contributed by atoms with E-state index in [1.807, 2.05) is 19.1 Å². The highest BCUT2D eigenvalue weighted by atomic mass is 32.2. The number of methoxy groups -OCH3 is 1. The fourth-order valence-corrected chi connectivity index (χ4v) is 3.79. The van der Waals surface area contributed by atoms with Gasteiger partial charge < -0.3 is 14.6 Å². The van der Waals surface area contributed by atoms with Crippen molar-refractivity contribution < 1.29 is 9.53 Å². The first kappa shape index (κ1) is 20.5. The number of carbonyl (C=O) groups is 1. The maximum absolute atomic E-state index is 12.8. The van der Waals surface area contributed by atoms with Crippen LogP contribution in [0.4, 0.5) is 0 Å². The zero-order chi connectivity index (χ0) is 19.1. The Morgan fingerprint density at radius 2 is 2.15 bits per heavy atom. The summed E-state index contributed by atoms with van der Waals surface area (Å²) < 4.78 is 7.34. The van der Waals surface area contributed by atoms with E-state index in [2.05, 4.69) is 40.6 Å². The van der Waals surface area contributed by atoms with Gasteiger partial charge >= 0.3 is 0 Å². The van der Waals surface area contributed by atoms with Gasteiger partial charge in [-0.25, -0.2) is 4.98 Å². The maximum atomic E-state index is 12.8. The van der Waals surface area contributed by atoms with Gasteiger partial charge in [-0.15, -0.1) is 0 Å². The third-order valence-corrected chi connectivity index (χ3v) is 5.76. The lowest BCUT2D eigenvalue weighted by Crippen LogP contribution is -2.35. The van der Waals surface area contributed by atoms with E-state index in [0.29, 0.717) is 13.2 Å². The van der Waals surface area contributed by atoms with Crippen molar-refractivity contribution in [2.75, 3.05) is 13.7 Å². The van der Waals surface area contributed by atoms with Gasteiger partial charge in [-0.3, -0.25) is 9.78 Å². The molecule has 1 amide bonds. The van der Waals surface area contributed by atoms with Crippen LogP contribution in [0.2, 0.25) is 0 Å². The van der Waals surface area contributed by atoms with Crippen LogP contribution >= 0.6 is 11.8 Å². The Morgan fingerprint density at radius 3 is 2.77 bits per heavy atom. The molecule has 142 valence electrons. The van der Waals surface area contributed by atoms with Gasteiger partial charge in [-0.2, -0.15) is 0 Å². The summed E-state index contributed by atoms with van der Waals surface area (Å²) in [6.45, 7) is 9.99. The minimum atomic E-state index is -0.214. The molecule has 0 aliphatic carbocycles. The number of pyridine rings is 1. The number of hydrogen-bond donors (Lipinski definition) is 1. The quantitative estimate of drug-likeness (QED) is 0.682. The molecule has 0 spiro atoms. The van der Waals surface area contributed by atoms with Crippen LogP contribution in [-0.4, -0.2) is 39.4 Å². The lowest BCUT2D eigenvalue weighted by molar-refractivity contribution is -0.121. The molecule has 2 aromatic heterocycles. The number of amides is 1. The molecule has 1 N–H and O–H groups in total. The number of hydrogen-bond acceptors (Lipinski definition) is 5. The predicted octanol–water partition coefficient (Wildman–Crippen LogP) is 2.97. The fraction of sp³-hybridized carbons (Fsp3) is 0.526. The Labute approximate surface area is 159 Å². The van der Waals surface area contributed by atoms with Gasteiger partial charge in [-0.1, -0.05) is 31.7 Å². The SMILES string of the molecule is COCCn1c(S[C@@H](C(=O)NCc2cccnc2)C(C)C)nc(C)c1C. The molecule has 0 aromatic carbocycles. The van der Waals surface area contributed by atoms with E-state index in [0.717, 1.165) is 28.7 Å². The van der Waals surface area contributed by atoms with E-state index in [1.165, 1.54) is 11.8 Å². The van der Waals surface area contributed by atoms with E-state index < -0.39 is 0 Å². The molecule has 0 unspecified atom stereocenters. The van der Waals surface area contributed by atoms with E-state index in [1.54, 1.807) is 19.5 Å². The summed E-state index contributed by atoms with van der Waals surface area (Å²) in [5.74, 6) is 0.201.